The topological polar surface area (TPSA) is 54.4 Å². The van der Waals surface area contributed by atoms with E-state index in [1.807, 2.05) is 0 Å². The molecule has 4 nitrogen and oxygen atoms in total. The van der Waals surface area contributed by atoms with E-state index in [1.165, 1.54) is 6.07 Å². The summed E-state index contributed by atoms with van der Waals surface area (Å²) in [5, 5.41) is 9.31. The van der Waals surface area contributed by atoms with Crippen molar-refractivity contribution in [3.63, 3.8) is 0 Å². The van der Waals surface area contributed by atoms with Crippen LogP contribution in [0.4, 0.5) is 13.2 Å². The second-order valence-electron chi connectivity index (χ2n) is 3.14. The van der Waals surface area contributed by atoms with Crippen molar-refractivity contribution in [3.05, 3.63) is 23.5 Å². The van der Waals surface area contributed by atoms with Gasteiger partial charge < -0.3 is 5.11 Å². The number of aromatic hydroxyl groups is 1. The number of alkyl halides is 3. The van der Waals surface area contributed by atoms with Gasteiger partial charge in [0.25, 0.3) is 0 Å². The largest absolute Gasteiger partial charge is 0.506 e. The van der Waals surface area contributed by atoms with Crippen LogP contribution in [-0.4, -0.2) is 22.9 Å². The molecule has 7 heteroatoms. The van der Waals surface area contributed by atoms with Gasteiger partial charge >= 0.3 is 6.18 Å². The lowest BCUT2D eigenvalue weighted by Gasteiger charge is -2.09. The standard InChI is InChI=1S/C9H11F3N2O2/c1-6-2-3-8(15)7(14-6)4-13-16-5-9(10,11)12/h2-3,13,15H,4-5H2,1H3. The molecule has 1 aromatic rings. The van der Waals surface area contributed by atoms with Crippen molar-refractivity contribution in [2.45, 2.75) is 19.6 Å². The zero-order chi connectivity index (χ0) is 12.2. The van der Waals surface area contributed by atoms with Crippen molar-refractivity contribution in [1.29, 1.82) is 0 Å². The first-order valence-corrected chi connectivity index (χ1v) is 4.45. The van der Waals surface area contributed by atoms with Gasteiger partial charge in [-0.1, -0.05) is 0 Å². The van der Waals surface area contributed by atoms with Crippen LogP contribution in [0.25, 0.3) is 0 Å². The average molecular weight is 236 g/mol. The summed E-state index contributed by atoms with van der Waals surface area (Å²) in [6.45, 7) is 0.225. The van der Waals surface area contributed by atoms with Gasteiger partial charge in [0.1, 0.15) is 5.75 Å². The zero-order valence-corrected chi connectivity index (χ0v) is 8.51. The van der Waals surface area contributed by atoms with Crippen LogP contribution in [0, 0.1) is 6.92 Å². The Bertz CT molecular complexity index is 355. The second kappa shape index (κ2) is 5.13. The van der Waals surface area contributed by atoms with Crippen molar-refractivity contribution in [1.82, 2.24) is 10.5 Å². The third kappa shape index (κ3) is 4.45. The summed E-state index contributed by atoms with van der Waals surface area (Å²) in [6, 6.07) is 3.01. The quantitative estimate of drug-likeness (QED) is 0.617. The molecule has 0 aromatic carbocycles. The molecule has 0 radical (unpaired) electrons. The number of halogens is 3. The number of hydroxylamine groups is 1. The molecule has 0 aliphatic carbocycles. The van der Waals surface area contributed by atoms with Gasteiger partial charge in [0.2, 0.25) is 0 Å². The molecule has 0 aliphatic rings. The number of hydrogen-bond acceptors (Lipinski definition) is 4. The van der Waals surface area contributed by atoms with E-state index >= 15 is 0 Å². The lowest BCUT2D eigenvalue weighted by Crippen LogP contribution is -2.24. The Balaban J connectivity index is 2.40. The van der Waals surface area contributed by atoms with Crippen molar-refractivity contribution < 1.29 is 23.1 Å². The normalized spacial score (nSPS) is 11.8. The van der Waals surface area contributed by atoms with Gasteiger partial charge in [0.05, 0.1) is 12.2 Å². The first-order chi connectivity index (χ1) is 7.38. The van der Waals surface area contributed by atoms with Crippen molar-refractivity contribution in [2.75, 3.05) is 6.61 Å². The Morgan fingerprint density at radius 1 is 1.44 bits per heavy atom. The Hall–Kier alpha value is -1.34. The summed E-state index contributed by atoms with van der Waals surface area (Å²) in [4.78, 5) is 8.10. The number of hydrogen-bond donors (Lipinski definition) is 2. The highest BCUT2D eigenvalue weighted by Crippen LogP contribution is 2.15. The van der Waals surface area contributed by atoms with Gasteiger partial charge in [-0.15, -0.1) is 0 Å². The smallest absolute Gasteiger partial charge is 0.413 e. The molecule has 1 rings (SSSR count). The zero-order valence-electron chi connectivity index (χ0n) is 8.51. The highest BCUT2D eigenvalue weighted by atomic mass is 19.4. The highest BCUT2D eigenvalue weighted by molar-refractivity contribution is 5.27. The Labute approximate surface area is 90.0 Å². The van der Waals surface area contributed by atoms with Crippen LogP contribution in [0.15, 0.2) is 12.1 Å². The van der Waals surface area contributed by atoms with Crippen LogP contribution < -0.4 is 5.48 Å². The summed E-state index contributed by atoms with van der Waals surface area (Å²) in [5.41, 5.74) is 2.98. The van der Waals surface area contributed by atoms with Crippen LogP contribution in [0.1, 0.15) is 11.4 Å². The average Bonchev–Trinajstić information content (AvgIpc) is 2.16. The number of aromatic nitrogens is 1. The van der Waals surface area contributed by atoms with E-state index in [-0.39, 0.29) is 18.0 Å². The fourth-order valence-electron chi connectivity index (χ4n) is 0.985. The molecule has 0 aliphatic heterocycles. The molecule has 0 bridgehead atoms. The molecule has 0 saturated heterocycles. The summed E-state index contributed by atoms with van der Waals surface area (Å²) < 4.78 is 35.1. The van der Waals surface area contributed by atoms with Crippen molar-refractivity contribution in [3.8, 4) is 5.75 Å². The van der Waals surface area contributed by atoms with Gasteiger partial charge in [-0.3, -0.25) is 9.82 Å². The third-order valence-electron chi connectivity index (χ3n) is 1.67. The molecule has 1 aromatic heterocycles. The first kappa shape index (κ1) is 12.7. The second-order valence-corrected chi connectivity index (χ2v) is 3.14. The molecule has 0 unspecified atom stereocenters. The SMILES string of the molecule is Cc1ccc(O)c(CNOCC(F)(F)F)n1. The monoisotopic (exact) mass is 236 g/mol. The predicted octanol–water partition coefficient (Wildman–Crippen LogP) is 1.68. The Morgan fingerprint density at radius 2 is 2.12 bits per heavy atom. The lowest BCUT2D eigenvalue weighted by molar-refractivity contribution is -0.190. The highest BCUT2D eigenvalue weighted by Gasteiger charge is 2.27. The van der Waals surface area contributed by atoms with Crippen LogP contribution in [0.3, 0.4) is 0 Å². The maximum atomic E-state index is 11.7. The molecule has 0 amide bonds. The van der Waals surface area contributed by atoms with Crippen LogP contribution in [0.2, 0.25) is 0 Å². The molecule has 1 heterocycles. The molecule has 0 atom stereocenters. The molecular formula is C9H11F3N2O2. The van der Waals surface area contributed by atoms with Crippen molar-refractivity contribution in [2.24, 2.45) is 0 Å². The van der Waals surface area contributed by atoms with E-state index < -0.39 is 12.8 Å². The minimum atomic E-state index is -4.38. The van der Waals surface area contributed by atoms with Gasteiger partial charge in [0, 0.05) is 5.69 Å². The number of nitrogens with one attached hydrogen (secondary N) is 1. The summed E-state index contributed by atoms with van der Waals surface area (Å²) >= 11 is 0. The Kier molecular flexibility index (Phi) is 4.08. The van der Waals surface area contributed by atoms with Crippen LogP contribution >= 0.6 is 0 Å². The number of rotatable bonds is 4. The van der Waals surface area contributed by atoms with Gasteiger partial charge in [0.15, 0.2) is 6.61 Å². The minimum absolute atomic E-state index is 0.0892. The lowest BCUT2D eigenvalue weighted by atomic mass is 10.3. The van der Waals surface area contributed by atoms with Crippen LogP contribution in [-0.2, 0) is 11.4 Å². The molecule has 90 valence electrons. The minimum Gasteiger partial charge on any atom is -0.506 e. The molecular weight excluding hydrogens is 225 g/mol. The number of nitrogens with zero attached hydrogens (tertiary/aromatic N) is 1. The van der Waals surface area contributed by atoms with Gasteiger partial charge in [-0.05, 0) is 19.1 Å². The maximum absolute atomic E-state index is 11.7. The molecule has 0 spiro atoms. The summed E-state index contributed by atoms with van der Waals surface area (Å²) in [7, 11) is 0. The molecule has 16 heavy (non-hydrogen) atoms. The van der Waals surface area contributed by atoms with Crippen LogP contribution in [0.5, 0.6) is 5.75 Å². The number of pyridine rings is 1. The molecule has 0 saturated carbocycles. The van der Waals surface area contributed by atoms with Crippen molar-refractivity contribution >= 4 is 0 Å². The van der Waals surface area contributed by atoms with Gasteiger partial charge in [-0.2, -0.15) is 18.7 Å². The fourth-order valence-corrected chi connectivity index (χ4v) is 0.985. The van der Waals surface area contributed by atoms with E-state index in [1.54, 1.807) is 13.0 Å². The summed E-state index contributed by atoms with van der Waals surface area (Å²) in [6.07, 6.45) is -4.38. The fraction of sp³-hybridized carbons (Fsp3) is 0.444. The number of aryl methyl sites for hydroxylation is 1. The van der Waals surface area contributed by atoms with E-state index in [0.29, 0.717) is 5.69 Å². The Morgan fingerprint density at radius 3 is 2.75 bits per heavy atom. The molecule has 0 fully saturated rings. The first-order valence-electron chi connectivity index (χ1n) is 4.45. The van der Waals surface area contributed by atoms with E-state index in [2.05, 4.69) is 15.3 Å². The van der Waals surface area contributed by atoms with E-state index in [0.717, 1.165) is 0 Å². The maximum Gasteiger partial charge on any atom is 0.413 e. The third-order valence-corrected chi connectivity index (χ3v) is 1.67. The van der Waals surface area contributed by atoms with Gasteiger partial charge in [-0.25, -0.2) is 0 Å². The van der Waals surface area contributed by atoms with E-state index in [9.17, 15) is 18.3 Å². The molecule has 2 N–H and O–H groups in total. The summed E-state index contributed by atoms with van der Waals surface area (Å²) in [5.74, 6) is -0.0892. The predicted molar refractivity (Wildman–Crippen MR) is 49.5 cm³/mol. The van der Waals surface area contributed by atoms with E-state index in [4.69, 9.17) is 0 Å².